The van der Waals surface area contributed by atoms with E-state index in [2.05, 4.69) is 15.5 Å². The van der Waals surface area contributed by atoms with Crippen LogP contribution in [0.5, 0.6) is 0 Å². The maximum absolute atomic E-state index is 13.2. The molecule has 3 rings (SSSR count). The van der Waals surface area contributed by atoms with Crippen LogP contribution in [0.3, 0.4) is 0 Å². The largest absolute Gasteiger partial charge is 0.376 e. The number of aromatic nitrogens is 4. The number of hydrogen-bond donors (Lipinski definition) is 0. The van der Waals surface area contributed by atoms with Gasteiger partial charge >= 0.3 is 0 Å². The average Bonchev–Trinajstić information content (AvgIpc) is 3.34. The summed E-state index contributed by atoms with van der Waals surface area (Å²) < 4.78 is 20.4. The fourth-order valence-corrected chi connectivity index (χ4v) is 3.54. The number of carbonyl (C=O) groups is 1. The summed E-state index contributed by atoms with van der Waals surface area (Å²) in [6, 6.07) is 7.66. The van der Waals surface area contributed by atoms with Crippen LogP contribution in [0, 0.1) is 17.1 Å². The third kappa shape index (κ3) is 5.24. The van der Waals surface area contributed by atoms with E-state index in [9.17, 15) is 9.18 Å². The summed E-state index contributed by atoms with van der Waals surface area (Å²) in [5.74, 6) is -0.475. The van der Waals surface area contributed by atoms with Gasteiger partial charge in [-0.15, -0.1) is 5.10 Å². The van der Waals surface area contributed by atoms with Crippen molar-refractivity contribution in [2.24, 2.45) is 0 Å². The van der Waals surface area contributed by atoms with Crippen molar-refractivity contribution in [2.75, 3.05) is 23.8 Å². The van der Waals surface area contributed by atoms with Crippen molar-refractivity contribution in [3.05, 3.63) is 30.1 Å². The summed E-state index contributed by atoms with van der Waals surface area (Å²) in [5, 5.41) is 21.0. The molecule has 1 aliphatic rings. The summed E-state index contributed by atoms with van der Waals surface area (Å²) in [6.45, 7) is 1.54. The van der Waals surface area contributed by atoms with Crippen LogP contribution in [0.1, 0.15) is 19.3 Å². The Hall–Kier alpha value is -2.51. The maximum atomic E-state index is 13.2. The summed E-state index contributed by atoms with van der Waals surface area (Å²) >= 11 is 1.23. The molecule has 0 aliphatic carbocycles. The maximum Gasteiger partial charge on any atom is 0.237 e. The van der Waals surface area contributed by atoms with Gasteiger partial charge in [0, 0.05) is 18.8 Å². The van der Waals surface area contributed by atoms with Crippen molar-refractivity contribution in [2.45, 2.75) is 37.1 Å². The van der Waals surface area contributed by atoms with Gasteiger partial charge in [0.05, 0.1) is 30.9 Å². The first-order valence-corrected chi connectivity index (χ1v) is 9.59. The third-order valence-corrected chi connectivity index (χ3v) is 5.05. The molecule has 2 heterocycles. The number of halogens is 1. The molecule has 142 valence electrons. The van der Waals surface area contributed by atoms with E-state index < -0.39 is 0 Å². The number of nitriles is 1. The highest BCUT2D eigenvalue weighted by Gasteiger charge is 2.21. The quantitative estimate of drug-likeness (QED) is 0.636. The van der Waals surface area contributed by atoms with Crippen molar-refractivity contribution in [3.8, 4) is 6.07 Å². The van der Waals surface area contributed by atoms with E-state index in [1.165, 1.54) is 40.9 Å². The van der Waals surface area contributed by atoms with Crippen LogP contribution < -0.4 is 4.90 Å². The number of carbonyl (C=O) groups excluding carboxylic acids is 1. The monoisotopic (exact) mass is 390 g/mol. The molecular formula is C17H19FN6O2S. The highest BCUT2D eigenvalue weighted by atomic mass is 32.2. The minimum Gasteiger partial charge on any atom is -0.376 e. The number of tetrazole rings is 1. The number of benzene rings is 1. The smallest absolute Gasteiger partial charge is 0.237 e. The zero-order chi connectivity index (χ0) is 19.1. The molecule has 8 nitrogen and oxygen atoms in total. The van der Waals surface area contributed by atoms with Gasteiger partial charge in [0.25, 0.3) is 0 Å². The van der Waals surface area contributed by atoms with Crippen LogP contribution in [0.25, 0.3) is 0 Å². The lowest BCUT2D eigenvalue weighted by atomic mass is 10.2. The molecule has 1 aliphatic heterocycles. The fourth-order valence-electron chi connectivity index (χ4n) is 2.78. The highest BCUT2D eigenvalue weighted by molar-refractivity contribution is 7.99. The number of rotatable bonds is 8. The lowest BCUT2D eigenvalue weighted by molar-refractivity contribution is -0.116. The molecule has 2 aromatic rings. The van der Waals surface area contributed by atoms with Crippen molar-refractivity contribution < 1.29 is 13.9 Å². The first kappa shape index (κ1) is 19.3. The number of ether oxygens (including phenoxy) is 1. The number of amides is 1. The predicted molar refractivity (Wildman–Crippen MR) is 96.5 cm³/mol. The molecule has 1 saturated heterocycles. The first-order chi connectivity index (χ1) is 13.2. The predicted octanol–water partition coefficient (Wildman–Crippen LogP) is 2.03. The third-order valence-electron chi connectivity index (χ3n) is 4.11. The molecule has 1 aromatic carbocycles. The summed E-state index contributed by atoms with van der Waals surface area (Å²) in [7, 11) is 0. The van der Waals surface area contributed by atoms with Crippen LogP contribution in [-0.2, 0) is 16.1 Å². The van der Waals surface area contributed by atoms with Crippen molar-refractivity contribution in [1.82, 2.24) is 20.2 Å². The molecule has 1 amide bonds. The van der Waals surface area contributed by atoms with Crippen LogP contribution in [0.2, 0.25) is 0 Å². The van der Waals surface area contributed by atoms with Gasteiger partial charge in [0.15, 0.2) is 0 Å². The van der Waals surface area contributed by atoms with Crippen LogP contribution in [0.15, 0.2) is 29.4 Å². The van der Waals surface area contributed by atoms with Gasteiger partial charge in [0.1, 0.15) is 5.82 Å². The minimum absolute atomic E-state index is 0.0925. The zero-order valence-electron chi connectivity index (χ0n) is 14.6. The standard InChI is InChI=1S/C17H19FN6O2S/c18-13-4-6-14(7-5-13)23(9-2-8-19)16(25)12-27-17-20-21-22-24(17)11-15-3-1-10-26-15/h4-7,15H,1-3,9-12H2. The number of nitrogens with zero attached hydrogens (tertiary/aromatic N) is 6. The molecule has 1 fully saturated rings. The summed E-state index contributed by atoms with van der Waals surface area (Å²) in [6.07, 6.45) is 2.27. The lowest BCUT2D eigenvalue weighted by Gasteiger charge is -2.21. The van der Waals surface area contributed by atoms with Crippen LogP contribution >= 0.6 is 11.8 Å². The molecule has 0 saturated carbocycles. The Labute approximate surface area is 160 Å². The number of anilines is 1. The second-order valence-corrected chi connectivity index (χ2v) is 6.94. The van der Waals surface area contributed by atoms with Crippen molar-refractivity contribution in [3.63, 3.8) is 0 Å². The van der Waals surface area contributed by atoms with Gasteiger partial charge in [-0.1, -0.05) is 11.8 Å². The number of thioether (sulfide) groups is 1. The molecule has 0 spiro atoms. The molecular weight excluding hydrogens is 371 g/mol. The van der Waals surface area contributed by atoms with E-state index in [-0.39, 0.29) is 36.5 Å². The Balaban J connectivity index is 1.63. The Bertz CT molecular complexity index is 801. The van der Waals surface area contributed by atoms with E-state index in [1.54, 1.807) is 4.68 Å². The second-order valence-electron chi connectivity index (χ2n) is 6.00. The van der Waals surface area contributed by atoms with Gasteiger partial charge in [-0.3, -0.25) is 4.79 Å². The summed E-state index contributed by atoms with van der Waals surface area (Å²) in [4.78, 5) is 14.2. The fraction of sp³-hybridized carbons (Fsp3) is 0.471. The van der Waals surface area contributed by atoms with Gasteiger partial charge in [-0.2, -0.15) is 5.26 Å². The summed E-state index contributed by atoms with van der Waals surface area (Å²) in [5.41, 5.74) is 0.552. The van der Waals surface area contributed by atoms with Crippen molar-refractivity contribution in [1.29, 1.82) is 5.26 Å². The zero-order valence-corrected chi connectivity index (χ0v) is 15.4. The normalized spacial score (nSPS) is 16.2. The average molecular weight is 390 g/mol. The first-order valence-electron chi connectivity index (χ1n) is 8.61. The molecule has 0 bridgehead atoms. The van der Waals surface area contributed by atoms with Crippen LogP contribution in [0.4, 0.5) is 10.1 Å². The Morgan fingerprint density at radius 1 is 1.44 bits per heavy atom. The molecule has 0 N–H and O–H groups in total. The topological polar surface area (TPSA) is 96.9 Å². The Morgan fingerprint density at radius 3 is 2.96 bits per heavy atom. The van der Waals surface area contributed by atoms with E-state index in [0.29, 0.717) is 17.4 Å². The van der Waals surface area contributed by atoms with Gasteiger partial charge < -0.3 is 9.64 Å². The van der Waals surface area contributed by atoms with Crippen LogP contribution in [-0.4, -0.2) is 51.1 Å². The van der Waals surface area contributed by atoms with Gasteiger partial charge in [-0.25, -0.2) is 9.07 Å². The van der Waals surface area contributed by atoms with E-state index in [4.69, 9.17) is 10.00 Å². The molecule has 10 heteroatoms. The van der Waals surface area contributed by atoms with Crippen molar-refractivity contribution >= 4 is 23.4 Å². The highest BCUT2D eigenvalue weighted by Crippen LogP contribution is 2.21. The minimum atomic E-state index is -0.380. The number of hydrogen-bond acceptors (Lipinski definition) is 7. The van der Waals surface area contributed by atoms with E-state index in [0.717, 1.165) is 19.4 Å². The molecule has 1 unspecified atom stereocenters. The van der Waals surface area contributed by atoms with E-state index in [1.807, 2.05) is 6.07 Å². The van der Waals surface area contributed by atoms with Gasteiger partial charge in [0.2, 0.25) is 11.1 Å². The molecule has 1 aromatic heterocycles. The lowest BCUT2D eigenvalue weighted by Crippen LogP contribution is -2.33. The molecule has 1 atom stereocenters. The second kappa shape index (κ2) is 9.43. The van der Waals surface area contributed by atoms with E-state index >= 15 is 0 Å². The Kier molecular flexibility index (Phi) is 6.73. The Morgan fingerprint density at radius 2 is 2.26 bits per heavy atom. The molecule has 0 radical (unpaired) electrons. The van der Waals surface area contributed by atoms with Gasteiger partial charge in [-0.05, 0) is 47.5 Å². The molecule has 27 heavy (non-hydrogen) atoms. The SMILES string of the molecule is N#CCCN(C(=O)CSc1nnnn1CC1CCCO1)c1ccc(F)cc1.